The molecule has 0 aliphatic heterocycles. The van der Waals surface area contributed by atoms with Gasteiger partial charge in [-0.2, -0.15) is 0 Å². The van der Waals surface area contributed by atoms with Crippen LogP contribution in [0.25, 0.3) is 0 Å². The highest BCUT2D eigenvalue weighted by Gasteiger charge is 2.08. The Labute approximate surface area is 126 Å². The van der Waals surface area contributed by atoms with Gasteiger partial charge in [0.05, 0.1) is 5.56 Å². The van der Waals surface area contributed by atoms with Gasteiger partial charge in [-0.3, -0.25) is 0 Å². The lowest BCUT2D eigenvalue weighted by atomic mass is 10.2. The predicted molar refractivity (Wildman–Crippen MR) is 79.4 cm³/mol. The Kier molecular flexibility index (Phi) is 4.48. The van der Waals surface area contributed by atoms with Crippen LogP contribution >= 0.6 is 43.6 Å². The molecule has 0 amide bonds. The summed E-state index contributed by atoms with van der Waals surface area (Å²) in [5, 5.41) is 9.02. The van der Waals surface area contributed by atoms with Crippen molar-refractivity contribution in [3.63, 3.8) is 0 Å². The van der Waals surface area contributed by atoms with Crippen LogP contribution in [0.2, 0.25) is 0 Å². The van der Waals surface area contributed by atoms with Crippen molar-refractivity contribution < 1.29 is 9.90 Å². The minimum atomic E-state index is -0.926. The Hall–Kier alpha value is -0.780. The molecule has 5 heteroatoms. The second-order valence-corrected chi connectivity index (χ2v) is 6.40. The van der Waals surface area contributed by atoms with E-state index in [1.807, 2.05) is 30.3 Å². The van der Waals surface area contributed by atoms with Crippen molar-refractivity contribution in [2.24, 2.45) is 0 Å². The minimum Gasteiger partial charge on any atom is -0.478 e. The SMILES string of the molecule is O=C(O)c1cc(Br)cc(Sc2ccccc2Br)c1. The normalized spacial score (nSPS) is 10.3. The third-order valence-corrected chi connectivity index (χ3v) is 4.64. The molecule has 2 aromatic rings. The van der Waals surface area contributed by atoms with Crippen molar-refractivity contribution >= 4 is 49.6 Å². The second-order valence-electron chi connectivity index (χ2n) is 3.51. The zero-order valence-electron chi connectivity index (χ0n) is 9.06. The molecular weight excluding hydrogens is 380 g/mol. The molecule has 0 heterocycles. The molecule has 0 unspecified atom stereocenters. The smallest absolute Gasteiger partial charge is 0.335 e. The largest absolute Gasteiger partial charge is 0.478 e. The van der Waals surface area contributed by atoms with E-state index in [4.69, 9.17) is 5.11 Å². The number of aromatic carboxylic acids is 1. The van der Waals surface area contributed by atoms with Crippen LogP contribution in [-0.4, -0.2) is 11.1 Å². The molecule has 0 saturated carbocycles. The second kappa shape index (κ2) is 5.91. The van der Waals surface area contributed by atoms with Crippen molar-refractivity contribution in [3.05, 3.63) is 57.0 Å². The van der Waals surface area contributed by atoms with Crippen molar-refractivity contribution in [1.82, 2.24) is 0 Å². The molecule has 92 valence electrons. The van der Waals surface area contributed by atoms with Gasteiger partial charge in [0.1, 0.15) is 0 Å². The van der Waals surface area contributed by atoms with Crippen molar-refractivity contribution in [1.29, 1.82) is 0 Å². The molecule has 2 nitrogen and oxygen atoms in total. The Morgan fingerprint density at radius 2 is 1.83 bits per heavy atom. The van der Waals surface area contributed by atoms with Crippen LogP contribution < -0.4 is 0 Å². The Bertz CT molecular complexity index is 599. The summed E-state index contributed by atoms with van der Waals surface area (Å²) in [4.78, 5) is 12.9. The topological polar surface area (TPSA) is 37.3 Å². The lowest BCUT2D eigenvalue weighted by molar-refractivity contribution is 0.0696. The summed E-state index contributed by atoms with van der Waals surface area (Å²) < 4.78 is 1.75. The first kappa shape index (κ1) is 13.6. The van der Waals surface area contributed by atoms with Gasteiger partial charge in [0, 0.05) is 18.7 Å². The Morgan fingerprint density at radius 3 is 2.50 bits per heavy atom. The fraction of sp³-hybridized carbons (Fsp3) is 0. The summed E-state index contributed by atoms with van der Waals surface area (Å²) in [5.74, 6) is -0.926. The van der Waals surface area contributed by atoms with Gasteiger partial charge in [0.2, 0.25) is 0 Å². The number of hydrogen-bond acceptors (Lipinski definition) is 2. The van der Waals surface area contributed by atoms with E-state index in [9.17, 15) is 4.79 Å². The first-order valence-corrected chi connectivity index (χ1v) is 7.43. The van der Waals surface area contributed by atoms with E-state index in [1.54, 1.807) is 12.1 Å². The highest BCUT2D eigenvalue weighted by atomic mass is 79.9. The van der Waals surface area contributed by atoms with Crippen LogP contribution in [0.5, 0.6) is 0 Å². The summed E-state index contributed by atoms with van der Waals surface area (Å²) in [6.07, 6.45) is 0. The molecule has 2 aromatic carbocycles. The third kappa shape index (κ3) is 3.37. The number of carboxylic acids is 1. The average molecular weight is 388 g/mol. The molecule has 1 N–H and O–H groups in total. The number of carbonyl (C=O) groups is 1. The maximum absolute atomic E-state index is 11.0. The van der Waals surface area contributed by atoms with Crippen LogP contribution in [0.15, 0.2) is 61.2 Å². The minimum absolute atomic E-state index is 0.277. The first-order valence-electron chi connectivity index (χ1n) is 5.02. The molecule has 0 spiro atoms. The summed E-state index contributed by atoms with van der Waals surface area (Å²) >= 11 is 8.32. The highest BCUT2D eigenvalue weighted by Crippen LogP contribution is 2.35. The van der Waals surface area contributed by atoms with E-state index in [1.165, 1.54) is 11.8 Å². The summed E-state index contributed by atoms with van der Waals surface area (Å²) in [6, 6.07) is 13.0. The van der Waals surface area contributed by atoms with E-state index < -0.39 is 5.97 Å². The molecule has 0 aliphatic rings. The van der Waals surface area contributed by atoms with Crippen molar-refractivity contribution in [2.75, 3.05) is 0 Å². The highest BCUT2D eigenvalue weighted by molar-refractivity contribution is 9.10. The molecule has 0 aromatic heterocycles. The van der Waals surface area contributed by atoms with Gasteiger partial charge in [-0.1, -0.05) is 39.8 Å². The number of halogens is 2. The quantitative estimate of drug-likeness (QED) is 0.799. The van der Waals surface area contributed by atoms with Crippen LogP contribution in [-0.2, 0) is 0 Å². The first-order chi connectivity index (χ1) is 8.56. The lowest BCUT2D eigenvalue weighted by Gasteiger charge is -2.06. The molecule has 0 aliphatic carbocycles. The Morgan fingerprint density at radius 1 is 1.11 bits per heavy atom. The standard InChI is InChI=1S/C13H8Br2O2S/c14-9-5-8(13(16)17)6-10(7-9)18-12-4-2-1-3-11(12)15/h1-7H,(H,16,17). The molecule has 0 saturated heterocycles. The van der Waals surface area contributed by atoms with Crippen molar-refractivity contribution in [2.45, 2.75) is 9.79 Å². The number of rotatable bonds is 3. The lowest BCUT2D eigenvalue weighted by Crippen LogP contribution is -1.96. The van der Waals surface area contributed by atoms with E-state index >= 15 is 0 Å². The van der Waals surface area contributed by atoms with Gasteiger partial charge in [-0.15, -0.1) is 0 Å². The molecule has 0 atom stereocenters. The van der Waals surface area contributed by atoms with Gasteiger partial charge in [-0.05, 0) is 46.3 Å². The molecule has 0 bridgehead atoms. The number of carboxylic acid groups (broad SMARTS) is 1. The summed E-state index contributed by atoms with van der Waals surface area (Å²) in [5.41, 5.74) is 0.277. The maximum atomic E-state index is 11.0. The fourth-order valence-corrected chi connectivity index (χ4v) is 3.51. The third-order valence-electron chi connectivity index (χ3n) is 2.18. The summed E-state index contributed by atoms with van der Waals surface area (Å²) in [7, 11) is 0. The van der Waals surface area contributed by atoms with Gasteiger partial charge in [0.15, 0.2) is 0 Å². The zero-order valence-corrected chi connectivity index (χ0v) is 13.0. The van der Waals surface area contributed by atoms with E-state index in [2.05, 4.69) is 31.9 Å². The fourth-order valence-electron chi connectivity index (χ4n) is 1.40. The van der Waals surface area contributed by atoms with Crippen molar-refractivity contribution in [3.8, 4) is 0 Å². The molecule has 0 radical (unpaired) electrons. The van der Waals surface area contributed by atoms with E-state index in [0.29, 0.717) is 0 Å². The Balaban J connectivity index is 2.35. The van der Waals surface area contributed by atoms with Gasteiger partial charge < -0.3 is 5.11 Å². The van der Waals surface area contributed by atoms with Gasteiger partial charge >= 0.3 is 5.97 Å². The number of benzene rings is 2. The molecule has 0 fully saturated rings. The van der Waals surface area contributed by atoms with E-state index in [-0.39, 0.29) is 5.56 Å². The van der Waals surface area contributed by atoms with Crippen LogP contribution in [0.1, 0.15) is 10.4 Å². The van der Waals surface area contributed by atoms with Crippen LogP contribution in [0.4, 0.5) is 0 Å². The van der Waals surface area contributed by atoms with E-state index in [0.717, 1.165) is 18.7 Å². The monoisotopic (exact) mass is 386 g/mol. The number of hydrogen-bond donors (Lipinski definition) is 1. The molecule has 2 rings (SSSR count). The van der Waals surface area contributed by atoms with Gasteiger partial charge in [-0.25, -0.2) is 4.79 Å². The maximum Gasteiger partial charge on any atom is 0.335 e. The molecular formula is C13H8Br2O2S. The predicted octanol–water partition coefficient (Wildman–Crippen LogP) is 5.06. The van der Waals surface area contributed by atoms with Crippen LogP contribution in [0.3, 0.4) is 0 Å². The van der Waals surface area contributed by atoms with Crippen LogP contribution in [0, 0.1) is 0 Å². The molecule has 18 heavy (non-hydrogen) atoms. The zero-order chi connectivity index (χ0) is 13.1. The summed E-state index contributed by atoms with van der Waals surface area (Å²) in [6.45, 7) is 0. The average Bonchev–Trinajstić information content (AvgIpc) is 2.31. The van der Waals surface area contributed by atoms with Gasteiger partial charge in [0.25, 0.3) is 0 Å².